The van der Waals surface area contributed by atoms with E-state index < -0.39 is 0 Å². The molecule has 2 heterocycles. The van der Waals surface area contributed by atoms with Crippen LogP contribution < -0.4 is 5.32 Å². The lowest BCUT2D eigenvalue weighted by Gasteiger charge is -2.03. The Morgan fingerprint density at radius 1 is 1.20 bits per heavy atom. The first-order valence-electron chi connectivity index (χ1n) is 6.71. The van der Waals surface area contributed by atoms with Gasteiger partial charge >= 0.3 is 0 Å². The van der Waals surface area contributed by atoms with Crippen molar-refractivity contribution in [2.45, 2.75) is 6.42 Å². The molecule has 0 fully saturated rings. The highest BCUT2D eigenvalue weighted by Crippen LogP contribution is 2.30. The summed E-state index contributed by atoms with van der Waals surface area (Å²) in [6, 6.07) is 10.8. The van der Waals surface area contributed by atoms with Gasteiger partial charge < -0.3 is 9.88 Å². The van der Waals surface area contributed by atoms with Crippen LogP contribution in [-0.4, -0.2) is 16.1 Å². The topological polar surface area (TPSA) is 29.9 Å². The Kier molecular flexibility index (Phi) is 2.33. The summed E-state index contributed by atoms with van der Waals surface area (Å²) in [7, 11) is 2.00. The van der Waals surface area contributed by atoms with E-state index in [9.17, 15) is 4.39 Å². The third-order valence-electron chi connectivity index (χ3n) is 3.92. The quantitative estimate of drug-likeness (QED) is 0.732. The van der Waals surface area contributed by atoms with Gasteiger partial charge in [0, 0.05) is 24.8 Å². The van der Waals surface area contributed by atoms with Crippen LogP contribution in [0.4, 0.5) is 10.1 Å². The molecular formula is C16H14FN3. The lowest BCUT2D eigenvalue weighted by Crippen LogP contribution is -1.92. The van der Waals surface area contributed by atoms with Crippen molar-refractivity contribution in [1.29, 1.82) is 0 Å². The molecule has 0 bridgehead atoms. The van der Waals surface area contributed by atoms with Crippen LogP contribution in [0.1, 0.15) is 5.56 Å². The molecule has 1 N–H and O–H groups in total. The summed E-state index contributed by atoms with van der Waals surface area (Å²) in [6.07, 6.45) is 1.06. The highest BCUT2D eigenvalue weighted by Gasteiger charge is 2.16. The van der Waals surface area contributed by atoms with Crippen LogP contribution in [-0.2, 0) is 13.5 Å². The number of rotatable bonds is 1. The minimum Gasteiger partial charge on any atom is -0.384 e. The van der Waals surface area contributed by atoms with Crippen LogP contribution in [0.2, 0.25) is 0 Å². The lowest BCUT2D eigenvalue weighted by atomic mass is 10.1. The SMILES string of the molecule is Cn1c(-c2ccc(F)cc2)nc2cc3c(cc21)CCN3. The maximum absolute atomic E-state index is 13.0. The average Bonchev–Trinajstić information content (AvgIpc) is 3.02. The summed E-state index contributed by atoms with van der Waals surface area (Å²) >= 11 is 0. The maximum atomic E-state index is 13.0. The molecule has 3 nitrogen and oxygen atoms in total. The van der Waals surface area contributed by atoms with Crippen LogP contribution in [0.3, 0.4) is 0 Å². The van der Waals surface area contributed by atoms with E-state index in [0.29, 0.717) is 0 Å². The zero-order valence-electron chi connectivity index (χ0n) is 11.2. The van der Waals surface area contributed by atoms with Crippen molar-refractivity contribution >= 4 is 16.7 Å². The first-order valence-corrected chi connectivity index (χ1v) is 6.71. The summed E-state index contributed by atoms with van der Waals surface area (Å²) in [5.41, 5.74) is 5.54. The highest BCUT2D eigenvalue weighted by molar-refractivity contribution is 5.86. The molecule has 0 spiro atoms. The van der Waals surface area contributed by atoms with Gasteiger partial charge in [-0.15, -0.1) is 0 Å². The van der Waals surface area contributed by atoms with Crippen LogP contribution >= 0.6 is 0 Å². The molecule has 4 heteroatoms. The molecule has 4 rings (SSSR count). The van der Waals surface area contributed by atoms with Crippen LogP contribution in [0, 0.1) is 5.82 Å². The largest absolute Gasteiger partial charge is 0.384 e. The van der Waals surface area contributed by atoms with E-state index in [2.05, 4.69) is 22.0 Å². The fourth-order valence-corrected chi connectivity index (χ4v) is 2.84. The fourth-order valence-electron chi connectivity index (χ4n) is 2.84. The van der Waals surface area contributed by atoms with Crippen LogP contribution in [0.5, 0.6) is 0 Å². The number of benzene rings is 2. The summed E-state index contributed by atoms with van der Waals surface area (Å²) in [6.45, 7) is 0.997. The average molecular weight is 267 g/mol. The van der Waals surface area contributed by atoms with E-state index in [1.165, 1.54) is 23.4 Å². The first kappa shape index (κ1) is 11.5. The molecule has 0 amide bonds. The summed E-state index contributed by atoms with van der Waals surface area (Å²) in [4.78, 5) is 4.69. The van der Waals surface area contributed by atoms with Gasteiger partial charge in [-0.1, -0.05) is 0 Å². The van der Waals surface area contributed by atoms with E-state index in [1.54, 1.807) is 12.1 Å². The number of fused-ring (bicyclic) bond motifs is 2. The number of anilines is 1. The van der Waals surface area contributed by atoms with E-state index in [0.717, 1.165) is 35.4 Å². The molecule has 0 unspecified atom stereocenters. The van der Waals surface area contributed by atoms with Crippen molar-refractivity contribution in [3.8, 4) is 11.4 Å². The third kappa shape index (κ3) is 1.61. The Bertz CT molecular complexity index is 803. The Balaban J connectivity index is 1.93. The molecule has 20 heavy (non-hydrogen) atoms. The second-order valence-electron chi connectivity index (χ2n) is 5.18. The molecule has 0 atom stereocenters. The van der Waals surface area contributed by atoms with Crippen molar-refractivity contribution in [3.05, 3.63) is 47.8 Å². The number of aromatic nitrogens is 2. The first-order chi connectivity index (χ1) is 9.72. The van der Waals surface area contributed by atoms with Gasteiger partial charge in [0.2, 0.25) is 0 Å². The van der Waals surface area contributed by atoms with Gasteiger partial charge in [0.25, 0.3) is 0 Å². The van der Waals surface area contributed by atoms with Crippen molar-refractivity contribution in [1.82, 2.24) is 9.55 Å². The summed E-state index contributed by atoms with van der Waals surface area (Å²) in [5.74, 6) is 0.638. The molecule has 1 aromatic heterocycles. The molecule has 0 saturated heterocycles. The van der Waals surface area contributed by atoms with Gasteiger partial charge in [0.15, 0.2) is 0 Å². The molecule has 1 aliphatic heterocycles. The predicted molar refractivity (Wildman–Crippen MR) is 78.3 cm³/mol. The molecule has 3 aromatic rings. The number of hydrogen-bond donors (Lipinski definition) is 1. The standard InChI is InChI=1S/C16H14FN3/c1-20-15-8-11-6-7-18-13(11)9-14(15)19-16(20)10-2-4-12(17)5-3-10/h2-5,8-9,18H,6-7H2,1H3. The molecule has 0 saturated carbocycles. The lowest BCUT2D eigenvalue weighted by molar-refractivity contribution is 0.628. The second kappa shape index (κ2) is 4.07. The minimum atomic E-state index is -0.226. The van der Waals surface area contributed by atoms with Gasteiger partial charge in [-0.05, 0) is 48.4 Å². The normalized spacial score (nSPS) is 13.5. The molecular weight excluding hydrogens is 253 g/mol. The van der Waals surface area contributed by atoms with Crippen molar-refractivity contribution in [2.75, 3.05) is 11.9 Å². The Hall–Kier alpha value is -2.36. The number of halogens is 1. The van der Waals surface area contributed by atoms with Crippen molar-refractivity contribution < 1.29 is 4.39 Å². The van der Waals surface area contributed by atoms with E-state index in [4.69, 9.17) is 4.98 Å². The van der Waals surface area contributed by atoms with Gasteiger partial charge in [-0.3, -0.25) is 0 Å². The zero-order valence-corrected chi connectivity index (χ0v) is 11.2. The third-order valence-corrected chi connectivity index (χ3v) is 3.92. The van der Waals surface area contributed by atoms with E-state index in [-0.39, 0.29) is 5.82 Å². The summed E-state index contributed by atoms with van der Waals surface area (Å²) < 4.78 is 15.1. The van der Waals surface area contributed by atoms with Crippen molar-refractivity contribution in [2.24, 2.45) is 7.05 Å². The number of nitrogens with zero attached hydrogens (tertiary/aromatic N) is 2. The maximum Gasteiger partial charge on any atom is 0.140 e. The smallest absolute Gasteiger partial charge is 0.140 e. The van der Waals surface area contributed by atoms with Crippen LogP contribution in [0.25, 0.3) is 22.4 Å². The summed E-state index contributed by atoms with van der Waals surface area (Å²) in [5, 5.41) is 3.37. The zero-order chi connectivity index (χ0) is 13.7. The molecule has 0 radical (unpaired) electrons. The number of nitrogens with one attached hydrogen (secondary N) is 1. The number of imidazole rings is 1. The number of aryl methyl sites for hydroxylation is 1. The van der Waals surface area contributed by atoms with Gasteiger partial charge in [0.1, 0.15) is 11.6 Å². The molecule has 100 valence electrons. The monoisotopic (exact) mass is 267 g/mol. The van der Waals surface area contributed by atoms with Gasteiger partial charge in [-0.2, -0.15) is 0 Å². The minimum absolute atomic E-state index is 0.226. The number of hydrogen-bond acceptors (Lipinski definition) is 2. The Morgan fingerprint density at radius 3 is 2.80 bits per heavy atom. The van der Waals surface area contributed by atoms with E-state index >= 15 is 0 Å². The molecule has 2 aromatic carbocycles. The predicted octanol–water partition coefficient (Wildman–Crippen LogP) is 3.35. The van der Waals surface area contributed by atoms with Gasteiger partial charge in [-0.25, -0.2) is 9.37 Å². The fraction of sp³-hybridized carbons (Fsp3) is 0.188. The van der Waals surface area contributed by atoms with Crippen molar-refractivity contribution in [3.63, 3.8) is 0 Å². The molecule has 0 aliphatic carbocycles. The molecule has 1 aliphatic rings. The highest BCUT2D eigenvalue weighted by atomic mass is 19.1. The van der Waals surface area contributed by atoms with Crippen LogP contribution in [0.15, 0.2) is 36.4 Å². The Labute approximate surface area is 116 Å². The van der Waals surface area contributed by atoms with E-state index in [1.807, 2.05) is 7.05 Å². The Morgan fingerprint density at radius 2 is 2.00 bits per heavy atom. The van der Waals surface area contributed by atoms with Gasteiger partial charge in [0.05, 0.1) is 11.0 Å². The second-order valence-corrected chi connectivity index (χ2v) is 5.18.